The Hall–Kier alpha value is -1.31. The molecule has 0 bridgehead atoms. The van der Waals surface area contributed by atoms with Gasteiger partial charge >= 0.3 is 0 Å². The van der Waals surface area contributed by atoms with Gasteiger partial charge in [-0.15, -0.1) is 0 Å². The molecule has 1 aromatic carbocycles. The maximum atomic E-state index is 4.61. The van der Waals surface area contributed by atoms with Crippen LogP contribution in [0.4, 0.5) is 0 Å². The molecule has 1 rings (SSSR count). The van der Waals surface area contributed by atoms with Gasteiger partial charge in [-0.05, 0) is 16.5 Å². The Balaban J connectivity index is 2.84. The zero-order valence-electron chi connectivity index (χ0n) is 9.24. The fourth-order valence-electron chi connectivity index (χ4n) is 1.18. The van der Waals surface area contributed by atoms with Crippen LogP contribution in [0.15, 0.2) is 29.4 Å². The molecule has 0 saturated carbocycles. The van der Waals surface area contributed by atoms with Gasteiger partial charge in [0.15, 0.2) is 0 Å². The summed E-state index contributed by atoms with van der Waals surface area (Å²) >= 11 is 0. The largest absolute Gasteiger partial charge is 0.399 e. The molecule has 1 aromatic rings. The van der Waals surface area contributed by atoms with Crippen LogP contribution < -0.4 is 0 Å². The van der Waals surface area contributed by atoms with Crippen molar-refractivity contribution in [1.29, 1.82) is 0 Å². The summed E-state index contributed by atoms with van der Waals surface area (Å²) < 4.78 is 0. The molecule has 0 N–H and O–H groups in total. The molecule has 0 aliphatic carbocycles. The summed E-state index contributed by atoms with van der Waals surface area (Å²) in [5, 5.41) is 3.71. The van der Waals surface area contributed by atoms with Crippen molar-refractivity contribution >= 4 is 6.21 Å². The Labute approximate surface area is 85.6 Å². The lowest BCUT2D eigenvalue weighted by molar-refractivity contribution is 0.215. The molecule has 0 amide bonds. The number of hydrogen-bond acceptors (Lipinski definition) is 2. The highest BCUT2D eigenvalue weighted by molar-refractivity contribution is 5.79. The van der Waals surface area contributed by atoms with Crippen molar-refractivity contribution in [2.45, 2.75) is 26.2 Å². The van der Waals surface area contributed by atoms with E-state index in [0.717, 1.165) is 5.56 Å². The Bertz CT molecular complexity index is 306. The molecule has 76 valence electrons. The molecule has 0 unspecified atom stereocenters. The van der Waals surface area contributed by atoms with Crippen LogP contribution in [0.2, 0.25) is 0 Å². The summed E-state index contributed by atoms with van der Waals surface area (Å²) in [5.41, 5.74) is 2.59. The van der Waals surface area contributed by atoms with Gasteiger partial charge in [-0.3, -0.25) is 0 Å². The minimum absolute atomic E-state index is 0.205. The fourth-order valence-corrected chi connectivity index (χ4v) is 1.18. The smallest absolute Gasteiger partial charge is 0.106 e. The fraction of sp³-hybridized carbons (Fsp3) is 0.417. The van der Waals surface area contributed by atoms with E-state index in [0.29, 0.717) is 0 Å². The highest BCUT2D eigenvalue weighted by Crippen LogP contribution is 2.21. The molecular weight excluding hydrogens is 174 g/mol. The second-order valence-corrected chi connectivity index (χ2v) is 4.29. The van der Waals surface area contributed by atoms with Crippen LogP contribution in [0.3, 0.4) is 0 Å². The third-order valence-corrected chi connectivity index (χ3v) is 2.08. The van der Waals surface area contributed by atoms with Gasteiger partial charge in [0.1, 0.15) is 7.11 Å². The third-order valence-electron chi connectivity index (χ3n) is 2.08. The van der Waals surface area contributed by atoms with Gasteiger partial charge in [-0.25, -0.2) is 0 Å². The first-order chi connectivity index (χ1) is 6.54. The van der Waals surface area contributed by atoms with Crippen molar-refractivity contribution in [2.75, 3.05) is 7.11 Å². The molecule has 0 heterocycles. The Morgan fingerprint density at radius 3 is 2.14 bits per heavy atom. The van der Waals surface area contributed by atoms with Gasteiger partial charge in [0.05, 0.1) is 6.21 Å². The first-order valence-electron chi connectivity index (χ1n) is 4.71. The molecule has 0 fully saturated rings. The highest BCUT2D eigenvalue weighted by atomic mass is 16.6. The first-order valence-corrected chi connectivity index (χ1v) is 4.71. The lowest BCUT2D eigenvalue weighted by atomic mass is 9.87. The van der Waals surface area contributed by atoms with Gasteiger partial charge in [0.2, 0.25) is 0 Å². The van der Waals surface area contributed by atoms with E-state index in [-0.39, 0.29) is 5.41 Å². The summed E-state index contributed by atoms with van der Waals surface area (Å²) in [5.74, 6) is 0. The van der Waals surface area contributed by atoms with E-state index < -0.39 is 0 Å². The molecule has 0 aliphatic rings. The second kappa shape index (κ2) is 4.27. The normalized spacial score (nSPS) is 12.0. The maximum absolute atomic E-state index is 4.61. The van der Waals surface area contributed by atoms with Gasteiger partial charge < -0.3 is 4.84 Å². The van der Waals surface area contributed by atoms with E-state index in [9.17, 15) is 0 Å². The molecule has 0 radical (unpaired) electrons. The van der Waals surface area contributed by atoms with E-state index in [1.807, 2.05) is 12.1 Å². The van der Waals surface area contributed by atoms with E-state index in [2.05, 4.69) is 42.9 Å². The van der Waals surface area contributed by atoms with Crippen molar-refractivity contribution in [3.63, 3.8) is 0 Å². The topological polar surface area (TPSA) is 21.6 Å². The first kappa shape index (κ1) is 10.8. The number of benzene rings is 1. The summed E-state index contributed by atoms with van der Waals surface area (Å²) in [7, 11) is 1.54. The van der Waals surface area contributed by atoms with Gasteiger partial charge in [-0.2, -0.15) is 0 Å². The predicted molar refractivity (Wildman–Crippen MR) is 59.7 cm³/mol. The molecule has 14 heavy (non-hydrogen) atoms. The monoisotopic (exact) mass is 191 g/mol. The molecule has 0 spiro atoms. The van der Waals surface area contributed by atoms with Crippen LogP contribution in [-0.4, -0.2) is 13.3 Å². The van der Waals surface area contributed by atoms with Crippen LogP contribution >= 0.6 is 0 Å². The Morgan fingerprint density at radius 2 is 1.71 bits per heavy atom. The zero-order chi connectivity index (χ0) is 10.6. The van der Waals surface area contributed by atoms with Crippen molar-refractivity contribution in [3.8, 4) is 0 Å². The molecule has 0 aliphatic heterocycles. The minimum atomic E-state index is 0.205. The van der Waals surface area contributed by atoms with Gasteiger partial charge in [0, 0.05) is 0 Å². The quantitative estimate of drug-likeness (QED) is 0.520. The zero-order valence-corrected chi connectivity index (χ0v) is 9.24. The van der Waals surface area contributed by atoms with Crippen LogP contribution in [-0.2, 0) is 10.3 Å². The average Bonchev–Trinajstić information content (AvgIpc) is 2.14. The van der Waals surface area contributed by atoms with Crippen molar-refractivity contribution in [1.82, 2.24) is 0 Å². The third kappa shape index (κ3) is 2.87. The molecule has 0 atom stereocenters. The van der Waals surface area contributed by atoms with E-state index >= 15 is 0 Å². The van der Waals surface area contributed by atoms with Gasteiger partial charge in [-0.1, -0.05) is 50.2 Å². The second-order valence-electron chi connectivity index (χ2n) is 4.29. The SMILES string of the molecule is CO/N=C/c1ccc(C(C)(C)C)cc1. The molecule has 0 aromatic heterocycles. The van der Waals surface area contributed by atoms with Crippen LogP contribution in [0, 0.1) is 0 Å². The predicted octanol–water partition coefficient (Wildman–Crippen LogP) is 2.96. The maximum Gasteiger partial charge on any atom is 0.106 e. The van der Waals surface area contributed by atoms with E-state index in [1.54, 1.807) is 13.3 Å². The minimum Gasteiger partial charge on any atom is -0.399 e. The van der Waals surface area contributed by atoms with Crippen molar-refractivity contribution in [2.24, 2.45) is 5.16 Å². The summed E-state index contributed by atoms with van der Waals surface area (Å²) in [6.07, 6.45) is 1.70. The Kier molecular flexibility index (Phi) is 3.28. The lowest BCUT2D eigenvalue weighted by Gasteiger charge is -2.18. The van der Waals surface area contributed by atoms with Crippen LogP contribution in [0.25, 0.3) is 0 Å². The van der Waals surface area contributed by atoms with E-state index in [4.69, 9.17) is 0 Å². The molecular formula is C12H17NO. The van der Waals surface area contributed by atoms with Crippen molar-refractivity contribution in [3.05, 3.63) is 35.4 Å². The van der Waals surface area contributed by atoms with Crippen LogP contribution in [0.5, 0.6) is 0 Å². The summed E-state index contributed by atoms with van der Waals surface area (Å²) in [6, 6.07) is 8.33. The van der Waals surface area contributed by atoms with Gasteiger partial charge in [0.25, 0.3) is 0 Å². The molecule has 2 heteroatoms. The number of hydrogen-bond donors (Lipinski definition) is 0. The number of rotatable bonds is 2. The summed E-state index contributed by atoms with van der Waals surface area (Å²) in [6.45, 7) is 6.60. The average molecular weight is 191 g/mol. The number of nitrogens with zero attached hydrogens (tertiary/aromatic N) is 1. The standard InChI is InChI=1S/C12H17NO/c1-12(2,3)11-7-5-10(6-8-11)9-13-14-4/h5-9H,1-4H3/b13-9+. The van der Waals surface area contributed by atoms with Crippen molar-refractivity contribution < 1.29 is 4.84 Å². The lowest BCUT2D eigenvalue weighted by Crippen LogP contribution is -2.10. The Morgan fingerprint density at radius 1 is 1.14 bits per heavy atom. The number of oxime groups is 1. The van der Waals surface area contributed by atoms with E-state index in [1.165, 1.54) is 5.56 Å². The molecule has 0 saturated heterocycles. The van der Waals surface area contributed by atoms with Crippen LogP contribution in [0.1, 0.15) is 31.9 Å². The molecule has 2 nitrogen and oxygen atoms in total. The summed E-state index contributed by atoms with van der Waals surface area (Å²) in [4.78, 5) is 4.61. The highest BCUT2D eigenvalue weighted by Gasteiger charge is 2.12.